The van der Waals surface area contributed by atoms with Crippen LogP contribution in [0.1, 0.15) is 18.9 Å². The molecule has 1 atom stereocenters. The zero-order chi connectivity index (χ0) is 16.0. The standard InChI is InChI=1S/C14H18N2O5/c1-9-3-5-10(6-4-9)16-13(21)15-8-14(2,12(19)20)7-11(17)18/h3-6H,7-8H2,1-2H3,(H,17,18)(H,19,20)(H2,15,16,21). The van der Waals surface area contributed by atoms with Crippen molar-refractivity contribution in [3.63, 3.8) is 0 Å². The minimum atomic E-state index is -1.56. The van der Waals surface area contributed by atoms with Gasteiger partial charge in [0.2, 0.25) is 0 Å². The first kappa shape index (κ1) is 16.5. The molecule has 0 saturated heterocycles. The van der Waals surface area contributed by atoms with E-state index in [9.17, 15) is 14.4 Å². The van der Waals surface area contributed by atoms with E-state index in [1.54, 1.807) is 12.1 Å². The molecule has 0 fully saturated rings. The number of hydrogen-bond acceptors (Lipinski definition) is 3. The molecule has 0 aliphatic carbocycles. The summed E-state index contributed by atoms with van der Waals surface area (Å²) in [5.74, 6) is -2.51. The summed E-state index contributed by atoms with van der Waals surface area (Å²) in [5, 5.41) is 22.7. The van der Waals surface area contributed by atoms with E-state index in [0.29, 0.717) is 5.69 Å². The van der Waals surface area contributed by atoms with Gasteiger partial charge < -0.3 is 20.8 Å². The van der Waals surface area contributed by atoms with Gasteiger partial charge in [-0.25, -0.2) is 4.79 Å². The van der Waals surface area contributed by atoms with E-state index < -0.39 is 29.8 Å². The van der Waals surface area contributed by atoms with E-state index in [4.69, 9.17) is 10.2 Å². The zero-order valence-corrected chi connectivity index (χ0v) is 11.8. The number of rotatable bonds is 6. The third-order valence-electron chi connectivity index (χ3n) is 3.01. The first-order valence-electron chi connectivity index (χ1n) is 6.30. The number of carboxylic acid groups (broad SMARTS) is 2. The SMILES string of the molecule is Cc1ccc(NC(=O)NCC(C)(CC(=O)O)C(=O)O)cc1. The number of carbonyl (C=O) groups excluding carboxylic acids is 1. The van der Waals surface area contributed by atoms with Crippen molar-refractivity contribution >= 4 is 23.7 Å². The third kappa shape index (κ3) is 5.13. The fourth-order valence-electron chi connectivity index (χ4n) is 1.64. The Balaban J connectivity index is 2.59. The fraction of sp³-hybridized carbons (Fsp3) is 0.357. The van der Waals surface area contributed by atoms with Gasteiger partial charge in [-0.1, -0.05) is 17.7 Å². The van der Waals surface area contributed by atoms with Crippen LogP contribution in [0.3, 0.4) is 0 Å². The van der Waals surface area contributed by atoms with Crippen LogP contribution in [0.25, 0.3) is 0 Å². The molecule has 0 spiro atoms. The van der Waals surface area contributed by atoms with Crippen LogP contribution in [0.15, 0.2) is 24.3 Å². The Kier molecular flexibility index (Phi) is 5.29. The molecule has 1 aromatic carbocycles. The lowest BCUT2D eigenvalue weighted by Gasteiger charge is -2.23. The zero-order valence-electron chi connectivity index (χ0n) is 11.8. The predicted molar refractivity (Wildman–Crippen MR) is 76.2 cm³/mol. The molecule has 0 aliphatic heterocycles. The molecule has 0 aliphatic rings. The van der Waals surface area contributed by atoms with Gasteiger partial charge in [-0.2, -0.15) is 0 Å². The Morgan fingerprint density at radius 3 is 2.19 bits per heavy atom. The molecule has 0 heterocycles. The molecule has 1 unspecified atom stereocenters. The van der Waals surface area contributed by atoms with E-state index in [-0.39, 0.29) is 6.54 Å². The summed E-state index contributed by atoms with van der Waals surface area (Å²) in [4.78, 5) is 33.5. The van der Waals surface area contributed by atoms with Crippen LogP contribution in [-0.2, 0) is 9.59 Å². The van der Waals surface area contributed by atoms with Gasteiger partial charge in [0.15, 0.2) is 0 Å². The van der Waals surface area contributed by atoms with Crippen LogP contribution in [0.5, 0.6) is 0 Å². The van der Waals surface area contributed by atoms with Crippen LogP contribution in [0.2, 0.25) is 0 Å². The molecule has 0 radical (unpaired) electrons. The van der Waals surface area contributed by atoms with Gasteiger partial charge in [0.05, 0.1) is 11.8 Å². The molecule has 114 valence electrons. The summed E-state index contributed by atoms with van der Waals surface area (Å²) in [5.41, 5.74) is 0.0467. The number of hydrogen-bond donors (Lipinski definition) is 4. The highest BCUT2D eigenvalue weighted by Crippen LogP contribution is 2.20. The maximum atomic E-state index is 11.7. The second-order valence-electron chi connectivity index (χ2n) is 5.11. The summed E-state index contributed by atoms with van der Waals surface area (Å²) in [6.07, 6.45) is -0.576. The van der Waals surface area contributed by atoms with Crippen LogP contribution < -0.4 is 10.6 Å². The number of anilines is 1. The fourth-order valence-corrected chi connectivity index (χ4v) is 1.64. The molecule has 0 aromatic heterocycles. The van der Waals surface area contributed by atoms with Crippen LogP contribution in [-0.4, -0.2) is 34.7 Å². The summed E-state index contributed by atoms with van der Waals surface area (Å²) in [6.45, 7) is 2.90. The lowest BCUT2D eigenvalue weighted by Crippen LogP contribution is -2.43. The van der Waals surface area contributed by atoms with Crippen molar-refractivity contribution < 1.29 is 24.6 Å². The Morgan fingerprint density at radius 1 is 1.14 bits per heavy atom. The van der Waals surface area contributed by atoms with Crippen molar-refractivity contribution in [2.24, 2.45) is 5.41 Å². The van der Waals surface area contributed by atoms with E-state index in [1.165, 1.54) is 6.92 Å². The van der Waals surface area contributed by atoms with Crippen molar-refractivity contribution in [1.82, 2.24) is 5.32 Å². The molecule has 0 saturated carbocycles. The van der Waals surface area contributed by atoms with Crippen LogP contribution in [0.4, 0.5) is 10.5 Å². The smallest absolute Gasteiger partial charge is 0.319 e. The number of amides is 2. The van der Waals surface area contributed by atoms with Crippen molar-refractivity contribution in [1.29, 1.82) is 0 Å². The van der Waals surface area contributed by atoms with Gasteiger partial charge in [-0.15, -0.1) is 0 Å². The van der Waals surface area contributed by atoms with E-state index in [0.717, 1.165) is 5.56 Å². The number of aliphatic carboxylic acids is 2. The Bertz CT molecular complexity index is 541. The minimum absolute atomic E-state index is 0.285. The average Bonchev–Trinajstić information content (AvgIpc) is 2.38. The Hall–Kier alpha value is -2.57. The monoisotopic (exact) mass is 294 g/mol. The molecule has 1 aromatic rings. The topological polar surface area (TPSA) is 116 Å². The lowest BCUT2D eigenvalue weighted by molar-refractivity contribution is -0.154. The van der Waals surface area contributed by atoms with E-state index in [2.05, 4.69) is 10.6 Å². The van der Waals surface area contributed by atoms with Crippen LogP contribution in [0, 0.1) is 12.3 Å². The van der Waals surface area contributed by atoms with Gasteiger partial charge in [0.25, 0.3) is 0 Å². The molecule has 7 nitrogen and oxygen atoms in total. The highest BCUT2D eigenvalue weighted by molar-refractivity contribution is 5.90. The molecule has 21 heavy (non-hydrogen) atoms. The maximum Gasteiger partial charge on any atom is 0.319 e. The Morgan fingerprint density at radius 2 is 1.71 bits per heavy atom. The molecule has 7 heteroatoms. The number of carboxylic acids is 2. The van der Waals surface area contributed by atoms with Crippen molar-refractivity contribution in [2.75, 3.05) is 11.9 Å². The number of urea groups is 1. The predicted octanol–water partition coefficient (Wildman–Crippen LogP) is 1.68. The maximum absolute atomic E-state index is 11.7. The minimum Gasteiger partial charge on any atom is -0.481 e. The molecule has 1 rings (SSSR count). The van der Waals surface area contributed by atoms with E-state index >= 15 is 0 Å². The van der Waals surface area contributed by atoms with E-state index in [1.807, 2.05) is 19.1 Å². The molecule has 2 amide bonds. The second-order valence-corrected chi connectivity index (χ2v) is 5.11. The highest BCUT2D eigenvalue weighted by atomic mass is 16.4. The third-order valence-corrected chi connectivity index (χ3v) is 3.01. The van der Waals surface area contributed by atoms with Gasteiger partial charge in [-0.05, 0) is 26.0 Å². The average molecular weight is 294 g/mol. The van der Waals surface area contributed by atoms with Crippen molar-refractivity contribution in [3.8, 4) is 0 Å². The van der Waals surface area contributed by atoms with Gasteiger partial charge in [0, 0.05) is 12.2 Å². The largest absolute Gasteiger partial charge is 0.481 e. The summed E-state index contributed by atoms with van der Waals surface area (Å²) < 4.78 is 0. The van der Waals surface area contributed by atoms with Gasteiger partial charge in [0.1, 0.15) is 0 Å². The summed E-state index contributed by atoms with van der Waals surface area (Å²) in [6, 6.07) is 6.48. The molecular weight excluding hydrogens is 276 g/mol. The quantitative estimate of drug-likeness (QED) is 0.637. The Labute approximate surface area is 122 Å². The summed E-state index contributed by atoms with van der Waals surface area (Å²) >= 11 is 0. The lowest BCUT2D eigenvalue weighted by atomic mass is 9.87. The second kappa shape index (κ2) is 6.74. The number of carbonyl (C=O) groups is 3. The van der Waals surface area contributed by atoms with Crippen molar-refractivity contribution in [3.05, 3.63) is 29.8 Å². The van der Waals surface area contributed by atoms with Gasteiger partial charge >= 0.3 is 18.0 Å². The number of benzene rings is 1. The molecular formula is C14H18N2O5. The molecule has 0 bridgehead atoms. The van der Waals surface area contributed by atoms with Crippen LogP contribution >= 0.6 is 0 Å². The highest BCUT2D eigenvalue weighted by Gasteiger charge is 2.36. The first-order valence-corrected chi connectivity index (χ1v) is 6.30. The summed E-state index contributed by atoms with van der Waals surface area (Å²) in [7, 11) is 0. The number of aryl methyl sites for hydroxylation is 1. The van der Waals surface area contributed by atoms with Gasteiger partial charge in [-0.3, -0.25) is 9.59 Å². The van der Waals surface area contributed by atoms with Crippen molar-refractivity contribution in [2.45, 2.75) is 20.3 Å². The number of nitrogens with one attached hydrogen (secondary N) is 2. The normalized spacial score (nSPS) is 13.0. The molecule has 4 N–H and O–H groups in total. The first-order chi connectivity index (χ1) is 9.73.